The summed E-state index contributed by atoms with van der Waals surface area (Å²) in [6.07, 6.45) is 0. The molecule has 0 fully saturated rings. The van der Waals surface area contributed by atoms with Crippen molar-refractivity contribution in [2.24, 2.45) is 0 Å². The summed E-state index contributed by atoms with van der Waals surface area (Å²) < 4.78 is 54.9. The summed E-state index contributed by atoms with van der Waals surface area (Å²) in [5.41, 5.74) is 0.173. The zero-order valence-corrected chi connectivity index (χ0v) is 12.4. The number of halogens is 5. The minimum atomic E-state index is -1.03. The van der Waals surface area contributed by atoms with Crippen LogP contribution in [0.4, 0.5) is 17.6 Å². The van der Waals surface area contributed by atoms with Crippen LogP contribution in [-0.2, 0) is 0 Å². The Kier molecular flexibility index (Phi) is 4.18. The molecule has 0 aromatic heterocycles. The average molecular weight is 347 g/mol. The van der Waals surface area contributed by atoms with Crippen LogP contribution in [0.2, 0.25) is 0 Å². The van der Waals surface area contributed by atoms with E-state index in [0.29, 0.717) is 6.07 Å². The predicted molar refractivity (Wildman–Crippen MR) is 73.0 cm³/mol. The molecule has 0 radical (unpaired) electrons. The van der Waals surface area contributed by atoms with Crippen LogP contribution in [0.25, 0.3) is 0 Å². The average Bonchev–Trinajstić information content (AvgIpc) is 2.38. The molecule has 2 aromatic carbocycles. The summed E-state index contributed by atoms with van der Waals surface area (Å²) >= 11 is 3.10. The molecule has 1 atom stereocenters. The van der Waals surface area contributed by atoms with Crippen LogP contribution in [0, 0.1) is 37.1 Å². The lowest BCUT2D eigenvalue weighted by Gasteiger charge is -2.15. The zero-order valence-electron chi connectivity index (χ0n) is 10.8. The first-order valence-electron chi connectivity index (χ1n) is 5.87. The van der Waals surface area contributed by atoms with Crippen molar-refractivity contribution in [3.8, 4) is 0 Å². The minimum Gasteiger partial charge on any atom is -0.207 e. The van der Waals surface area contributed by atoms with Crippen molar-refractivity contribution in [3.05, 3.63) is 69.8 Å². The van der Waals surface area contributed by atoms with Crippen molar-refractivity contribution in [2.45, 2.75) is 18.7 Å². The number of hydrogen-bond acceptors (Lipinski definition) is 0. The number of rotatable bonds is 2. The molecule has 0 aliphatic carbocycles. The number of aryl methyl sites for hydroxylation is 2. The molecule has 0 heterocycles. The molecule has 20 heavy (non-hydrogen) atoms. The molecule has 0 saturated carbocycles. The summed E-state index contributed by atoms with van der Waals surface area (Å²) in [4.78, 5) is -1.03. The van der Waals surface area contributed by atoms with Gasteiger partial charge < -0.3 is 0 Å². The normalized spacial score (nSPS) is 12.6. The van der Waals surface area contributed by atoms with E-state index >= 15 is 0 Å². The molecule has 0 aliphatic heterocycles. The molecule has 0 spiro atoms. The van der Waals surface area contributed by atoms with E-state index in [1.165, 1.54) is 26.0 Å². The lowest BCUT2D eigenvalue weighted by Crippen LogP contribution is -2.05. The van der Waals surface area contributed by atoms with Crippen molar-refractivity contribution >= 4 is 15.9 Å². The van der Waals surface area contributed by atoms with Crippen LogP contribution in [0.3, 0.4) is 0 Å². The molecule has 1 unspecified atom stereocenters. The summed E-state index contributed by atoms with van der Waals surface area (Å²) in [6, 6.07) is 4.38. The van der Waals surface area contributed by atoms with Crippen molar-refractivity contribution in [2.75, 3.05) is 0 Å². The molecule has 0 amide bonds. The third kappa shape index (κ3) is 2.59. The highest BCUT2D eigenvalue weighted by Gasteiger charge is 2.24. The number of alkyl halides is 1. The maximum Gasteiger partial charge on any atom is 0.133 e. The van der Waals surface area contributed by atoms with E-state index in [1.54, 1.807) is 0 Å². The first kappa shape index (κ1) is 15.0. The van der Waals surface area contributed by atoms with Crippen molar-refractivity contribution in [1.82, 2.24) is 0 Å². The Balaban J connectivity index is 2.60. The van der Waals surface area contributed by atoms with Crippen LogP contribution < -0.4 is 0 Å². The first-order valence-corrected chi connectivity index (χ1v) is 6.78. The number of hydrogen-bond donors (Lipinski definition) is 0. The summed E-state index contributed by atoms with van der Waals surface area (Å²) in [5, 5.41) is 0. The molecule has 0 N–H and O–H groups in total. The molecule has 2 aromatic rings. The van der Waals surface area contributed by atoms with Crippen LogP contribution in [0.15, 0.2) is 24.3 Å². The fraction of sp³-hybridized carbons (Fsp3) is 0.200. The lowest BCUT2D eigenvalue weighted by atomic mass is 9.99. The van der Waals surface area contributed by atoms with E-state index in [0.717, 1.165) is 6.07 Å². The topological polar surface area (TPSA) is 0 Å². The Labute approximate surface area is 122 Å². The maximum atomic E-state index is 14.0. The molecule has 5 heteroatoms. The van der Waals surface area contributed by atoms with Crippen LogP contribution in [0.5, 0.6) is 0 Å². The minimum absolute atomic E-state index is 0.00713. The van der Waals surface area contributed by atoms with Gasteiger partial charge in [-0.1, -0.05) is 22.0 Å². The molecular weight excluding hydrogens is 336 g/mol. The monoisotopic (exact) mass is 346 g/mol. The Hall–Kier alpha value is -1.36. The molecule has 0 saturated heterocycles. The second-order valence-electron chi connectivity index (χ2n) is 4.58. The molecule has 0 nitrogen and oxygen atoms in total. The van der Waals surface area contributed by atoms with Gasteiger partial charge in [-0.15, -0.1) is 0 Å². The van der Waals surface area contributed by atoms with Crippen LogP contribution in [0.1, 0.15) is 27.1 Å². The second-order valence-corrected chi connectivity index (χ2v) is 5.49. The van der Waals surface area contributed by atoms with Gasteiger partial charge in [0.25, 0.3) is 0 Å². The van der Waals surface area contributed by atoms with Crippen LogP contribution >= 0.6 is 15.9 Å². The zero-order chi connectivity index (χ0) is 15.0. The summed E-state index contributed by atoms with van der Waals surface area (Å²) in [6.45, 7) is 2.95. The van der Waals surface area contributed by atoms with Gasteiger partial charge in [-0.05, 0) is 37.1 Å². The highest BCUT2D eigenvalue weighted by atomic mass is 79.9. The third-order valence-electron chi connectivity index (χ3n) is 3.12. The molecule has 0 aliphatic rings. The van der Waals surface area contributed by atoms with Crippen LogP contribution in [-0.4, -0.2) is 0 Å². The maximum absolute atomic E-state index is 14.0. The van der Waals surface area contributed by atoms with E-state index in [1.807, 2.05) is 0 Å². The van der Waals surface area contributed by atoms with E-state index in [4.69, 9.17) is 0 Å². The van der Waals surface area contributed by atoms with E-state index < -0.39 is 28.1 Å². The van der Waals surface area contributed by atoms with Gasteiger partial charge in [0, 0.05) is 17.2 Å². The van der Waals surface area contributed by atoms with Gasteiger partial charge >= 0.3 is 0 Å². The smallest absolute Gasteiger partial charge is 0.133 e. The Bertz CT molecular complexity index is 667. The quantitative estimate of drug-likeness (QED) is 0.508. The predicted octanol–water partition coefficient (Wildman–Crippen LogP) is 5.34. The molecule has 2 rings (SSSR count). The Morgan fingerprint density at radius 2 is 1.50 bits per heavy atom. The first-order chi connectivity index (χ1) is 9.32. The highest BCUT2D eigenvalue weighted by molar-refractivity contribution is 9.09. The van der Waals surface area contributed by atoms with Gasteiger partial charge in [0.05, 0.1) is 4.83 Å². The van der Waals surface area contributed by atoms with E-state index in [9.17, 15) is 17.6 Å². The number of benzene rings is 2. The Morgan fingerprint density at radius 3 is 2.15 bits per heavy atom. The van der Waals surface area contributed by atoms with Crippen molar-refractivity contribution in [3.63, 3.8) is 0 Å². The molecule has 0 bridgehead atoms. The van der Waals surface area contributed by atoms with Gasteiger partial charge in [-0.25, -0.2) is 17.6 Å². The van der Waals surface area contributed by atoms with Gasteiger partial charge in [-0.3, -0.25) is 0 Å². The van der Waals surface area contributed by atoms with Gasteiger partial charge in [0.2, 0.25) is 0 Å². The van der Waals surface area contributed by atoms with Gasteiger partial charge in [0.1, 0.15) is 23.3 Å². The van der Waals surface area contributed by atoms with E-state index in [-0.39, 0.29) is 22.3 Å². The lowest BCUT2D eigenvalue weighted by molar-refractivity contribution is 0.545. The van der Waals surface area contributed by atoms with Crippen molar-refractivity contribution in [1.29, 1.82) is 0 Å². The highest BCUT2D eigenvalue weighted by Crippen LogP contribution is 2.37. The van der Waals surface area contributed by atoms with Gasteiger partial charge in [0.15, 0.2) is 0 Å². The Morgan fingerprint density at radius 1 is 0.850 bits per heavy atom. The molecular formula is C15H11BrF4. The van der Waals surface area contributed by atoms with Crippen molar-refractivity contribution < 1.29 is 17.6 Å². The third-order valence-corrected chi connectivity index (χ3v) is 4.08. The SMILES string of the molecule is Cc1cc(C(Br)c2c(F)ccc(C)c2F)c(F)cc1F. The standard InChI is InChI=1S/C15H11BrF4/c1-7-3-4-10(17)13(15(7)20)14(16)9-5-8(2)11(18)6-12(9)19/h3-6,14H,1-2H3. The summed E-state index contributed by atoms with van der Waals surface area (Å²) in [7, 11) is 0. The summed E-state index contributed by atoms with van der Waals surface area (Å²) in [5.74, 6) is -3.07. The fourth-order valence-electron chi connectivity index (χ4n) is 1.94. The second kappa shape index (κ2) is 5.56. The largest absolute Gasteiger partial charge is 0.207 e. The molecule has 106 valence electrons. The fourth-order valence-corrected chi connectivity index (χ4v) is 2.71. The van der Waals surface area contributed by atoms with Gasteiger partial charge in [-0.2, -0.15) is 0 Å². The van der Waals surface area contributed by atoms with E-state index in [2.05, 4.69) is 15.9 Å².